The van der Waals surface area contributed by atoms with Gasteiger partial charge in [-0.05, 0) is 5.92 Å². The van der Waals surface area contributed by atoms with Gasteiger partial charge >= 0.3 is 0 Å². The standard InChI is InChI=1S/C27H38N12O6/c1-14(2)23(27(45)38-19(24(28)42)4-16-7-29-11-33-16)39-26(44)21(6-18-9-31-13-35-18)37-22(41)10-32-25(43)20(36-15(3)40)5-17-8-30-12-34-17/h7-9,11-14,19-21,23H,4-6,10H2,1-3H3,(H2,28,42)(H,29,33)(H,30,34)(H,31,35)(H,32,43)(H,36,40)(H,37,41)(H,38,45)(H,39,44)/t19-,20-,21-,23-/m0/s1. The van der Waals surface area contributed by atoms with Crippen LogP contribution in [0.4, 0.5) is 0 Å². The van der Waals surface area contributed by atoms with Crippen molar-refractivity contribution in [2.24, 2.45) is 11.7 Å². The number of rotatable bonds is 17. The first-order valence-electron chi connectivity index (χ1n) is 14.1. The molecule has 3 heterocycles. The van der Waals surface area contributed by atoms with Gasteiger partial charge < -0.3 is 47.3 Å². The van der Waals surface area contributed by atoms with E-state index in [4.69, 9.17) is 5.73 Å². The Bertz CT molecular complexity index is 1420. The summed E-state index contributed by atoms with van der Waals surface area (Å²) in [5.74, 6) is -4.31. The number of nitrogens with two attached hydrogens (primary N) is 1. The second-order valence-electron chi connectivity index (χ2n) is 10.6. The van der Waals surface area contributed by atoms with Gasteiger partial charge in [0, 0.05) is 61.9 Å². The Morgan fingerprint density at radius 3 is 1.60 bits per heavy atom. The van der Waals surface area contributed by atoms with Crippen molar-refractivity contribution in [2.75, 3.05) is 6.54 Å². The van der Waals surface area contributed by atoms with Crippen LogP contribution in [0, 0.1) is 5.92 Å². The van der Waals surface area contributed by atoms with Crippen molar-refractivity contribution in [1.29, 1.82) is 0 Å². The van der Waals surface area contributed by atoms with Gasteiger partial charge in [0.1, 0.15) is 24.2 Å². The molecule has 0 saturated carbocycles. The molecule has 3 aromatic heterocycles. The molecule has 10 N–H and O–H groups in total. The average Bonchev–Trinajstić information content (AvgIpc) is 3.78. The van der Waals surface area contributed by atoms with Crippen LogP contribution in [0.3, 0.4) is 0 Å². The van der Waals surface area contributed by atoms with Gasteiger partial charge in [-0.1, -0.05) is 13.8 Å². The average molecular weight is 627 g/mol. The summed E-state index contributed by atoms with van der Waals surface area (Å²) in [5, 5.41) is 12.8. The van der Waals surface area contributed by atoms with E-state index in [1.165, 1.54) is 44.5 Å². The number of H-pyrrole nitrogens is 3. The van der Waals surface area contributed by atoms with Gasteiger partial charge in [0.25, 0.3) is 0 Å². The van der Waals surface area contributed by atoms with Crippen molar-refractivity contribution >= 4 is 35.4 Å². The Hall–Kier alpha value is -5.55. The van der Waals surface area contributed by atoms with Crippen LogP contribution in [-0.4, -0.2) is 96.1 Å². The van der Waals surface area contributed by atoms with E-state index in [1.807, 2.05) is 0 Å². The molecule has 4 atom stereocenters. The number of nitrogens with zero attached hydrogens (tertiary/aromatic N) is 3. The molecule has 18 heteroatoms. The highest BCUT2D eigenvalue weighted by atomic mass is 16.2. The Kier molecular flexibility index (Phi) is 12.3. The second-order valence-corrected chi connectivity index (χ2v) is 10.6. The van der Waals surface area contributed by atoms with Gasteiger partial charge in [-0.25, -0.2) is 15.0 Å². The highest BCUT2D eigenvalue weighted by molar-refractivity contribution is 5.95. The van der Waals surface area contributed by atoms with E-state index in [0.717, 1.165) is 0 Å². The van der Waals surface area contributed by atoms with E-state index in [0.29, 0.717) is 17.1 Å². The summed E-state index contributed by atoms with van der Waals surface area (Å²) in [6, 6.07) is -4.34. The quantitative estimate of drug-likeness (QED) is 0.0742. The van der Waals surface area contributed by atoms with Crippen LogP contribution in [0.15, 0.2) is 37.6 Å². The molecule has 0 aliphatic carbocycles. The molecule has 0 unspecified atom stereocenters. The lowest BCUT2D eigenvalue weighted by Gasteiger charge is -2.26. The van der Waals surface area contributed by atoms with E-state index >= 15 is 0 Å². The molecule has 45 heavy (non-hydrogen) atoms. The van der Waals surface area contributed by atoms with Crippen LogP contribution in [0.5, 0.6) is 0 Å². The van der Waals surface area contributed by atoms with Crippen molar-refractivity contribution in [3.8, 4) is 0 Å². The first-order valence-corrected chi connectivity index (χ1v) is 14.1. The fraction of sp³-hybridized carbons (Fsp3) is 0.444. The summed E-state index contributed by atoms with van der Waals surface area (Å²) in [4.78, 5) is 96.3. The summed E-state index contributed by atoms with van der Waals surface area (Å²) in [7, 11) is 0. The summed E-state index contributed by atoms with van der Waals surface area (Å²) in [6.07, 6.45) is 8.89. The monoisotopic (exact) mass is 626 g/mol. The van der Waals surface area contributed by atoms with Gasteiger partial charge in [0.2, 0.25) is 35.4 Å². The molecular weight excluding hydrogens is 588 g/mol. The Labute approximate surface area is 257 Å². The Morgan fingerprint density at radius 1 is 0.689 bits per heavy atom. The third-order valence-electron chi connectivity index (χ3n) is 6.61. The number of imidazole rings is 3. The van der Waals surface area contributed by atoms with Gasteiger partial charge in [-0.2, -0.15) is 0 Å². The van der Waals surface area contributed by atoms with Crippen LogP contribution < -0.4 is 32.3 Å². The normalized spacial score (nSPS) is 13.6. The van der Waals surface area contributed by atoms with Crippen molar-refractivity contribution in [3.63, 3.8) is 0 Å². The molecule has 0 aliphatic heterocycles. The molecular formula is C27H38N12O6. The number of aromatic amines is 3. The van der Waals surface area contributed by atoms with Gasteiger partial charge in [-0.15, -0.1) is 0 Å². The van der Waals surface area contributed by atoms with E-state index in [1.54, 1.807) is 13.8 Å². The molecule has 242 valence electrons. The number of amides is 6. The van der Waals surface area contributed by atoms with Gasteiger partial charge in [0.05, 0.1) is 25.5 Å². The zero-order chi connectivity index (χ0) is 32.9. The Morgan fingerprint density at radius 2 is 1.18 bits per heavy atom. The third-order valence-corrected chi connectivity index (χ3v) is 6.61. The lowest BCUT2D eigenvalue weighted by molar-refractivity contribution is -0.134. The number of primary amides is 1. The predicted molar refractivity (Wildman–Crippen MR) is 157 cm³/mol. The van der Waals surface area contributed by atoms with E-state index in [-0.39, 0.29) is 19.3 Å². The fourth-order valence-corrected chi connectivity index (χ4v) is 4.32. The van der Waals surface area contributed by atoms with Crippen LogP contribution in [0.1, 0.15) is 37.9 Å². The number of hydrogen-bond donors (Lipinski definition) is 9. The maximum atomic E-state index is 13.5. The van der Waals surface area contributed by atoms with E-state index < -0.39 is 72.1 Å². The number of carbonyl (C=O) groups is 6. The maximum absolute atomic E-state index is 13.5. The summed E-state index contributed by atoms with van der Waals surface area (Å²) in [5.41, 5.74) is 7.18. The first kappa shape index (κ1) is 33.9. The minimum Gasteiger partial charge on any atom is -0.368 e. The minimum absolute atomic E-state index is 0.0178. The molecule has 0 spiro atoms. The van der Waals surface area contributed by atoms with Crippen molar-refractivity contribution in [1.82, 2.24) is 56.5 Å². The predicted octanol–water partition coefficient (Wildman–Crippen LogP) is -2.90. The van der Waals surface area contributed by atoms with E-state index in [9.17, 15) is 28.8 Å². The molecule has 3 aromatic rings. The maximum Gasteiger partial charge on any atom is 0.243 e. The zero-order valence-corrected chi connectivity index (χ0v) is 25.0. The number of nitrogens with one attached hydrogen (secondary N) is 8. The number of carbonyl (C=O) groups excluding carboxylic acids is 6. The fourth-order valence-electron chi connectivity index (χ4n) is 4.32. The van der Waals surface area contributed by atoms with Crippen molar-refractivity contribution in [3.05, 3.63) is 54.7 Å². The molecule has 0 saturated heterocycles. The molecule has 0 aliphatic rings. The van der Waals surface area contributed by atoms with Crippen LogP contribution in [-0.2, 0) is 48.0 Å². The highest BCUT2D eigenvalue weighted by Gasteiger charge is 2.32. The zero-order valence-electron chi connectivity index (χ0n) is 25.0. The van der Waals surface area contributed by atoms with Crippen molar-refractivity contribution in [2.45, 2.75) is 64.2 Å². The van der Waals surface area contributed by atoms with Crippen LogP contribution in [0.2, 0.25) is 0 Å². The first-order chi connectivity index (χ1) is 21.4. The minimum atomic E-state index is -1.18. The molecule has 0 aromatic carbocycles. The van der Waals surface area contributed by atoms with E-state index in [2.05, 4.69) is 56.5 Å². The molecule has 0 radical (unpaired) electrons. The van der Waals surface area contributed by atoms with Crippen LogP contribution in [0.25, 0.3) is 0 Å². The van der Waals surface area contributed by atoms with Crippen molar-refractivity contribution < 1.29 is 28.8 Å². The van der Waals surface area contributed by atoms with Gasteiger partial charge in [-0.3, -0.25) is 28.8 Å². The molecule has 0 bridgehead atoms. The number of hydrogen-bond acceptors (Lipinski definition) is 9. The smallest absolute Gasteiger partial charge is 0.243 e. The Balaban J connectivity index is 1.66. The summed E-state index contributed by atoms with van der Waals surface area (Å²) < 4.78 is 0. The lowest BCUT2D eigenvalue weighted by atomic mass is 10.0. The molecule has 0 fully saturated rings. The van der Waals surface area contributed by atoms with Gasteiger partial charge in [0.15, 0.2) is 0 Å². The summed E-state index contributed by atoms with van der Waals surface area (Å²) in [6.45, 7) is 4.15. The largest absolute Gasteiger partial charge is 0.368 e. The lowest BCUT2D eigenvalue weighted by Crippen LogP contribution is -2.59. The summed E-state index contributed by atoms with van der Waals surface area (Å²) >= 11 is 0. The van der Waals surface area contributed by atoms with Crippen LogP contribution >= 0.6 is 0 Å². The highest BCUT2D eigenvalue weighted by Crippen LogP contribution is 2.07. The molecule has 6 amide bonds. The topological polar surface area (TPSA) is 275 Å². The number of aromatic nitrogens is 6. The second kappa shape index (κ2) is 16.3. The molecule has 3 rings (SSSR count). The molecule has 18 nitrogen and oxygen atoms in total. The SMILES string of the molecule is CC(=O)N[C@@H](Cc1cnc[nH]1)C(=O)NCC(=O)N[C@@H](Cc1cnc[nH]1)C(=O)N[C@H](C(=O)N[C@@H](Cc1cnc[nH]1)C(N)=O)C(C)C. The third kappa shape index (κ3) is 10.9.